The fourth-order valence-corrected chi connectivity index (χ4v) is 6.31. The maximum Gasteiger partial charge on any atom is 0.404 e. The molecule has 0 aliphatic carbocycles. The highest BCUT2D eigenvalue weighted by molar-refractivity contribution is 6.35. The van der Waals surface area contributed by atoms with Crippen molar-refractivity contribution in [2.45, 2.75) is 44.9 Å². The van der Waals surface area contributed by atoms with E-state index >= 15 is 0 Å². The molecule has 2 saturated heterocycles. The number of benzene rings is 2. The fraction of sp³-hybridized carbons (Fsp3) is 0.406. The van der Waals surface area contributed by atoms with Gasteiger partial charge < -0.3 is 25.4 Å². The Hall–Kier alpha value is -3.60. The lowest BCUT2D eigenvalue weighted by molar-refractivity contribution is -0.119. The molecule has 2 aliphatic rings. The van der Waals surface area contributed by atoms with Crippen molar-refractivity contribution >= 4 is 41.0 Å². The van der Waals surface area contributed by atoms with Gasteiger partial charge in [-0.05, 0) is 103 Å². The summed E-state index contributed by atoms with van der Waals surface area (Å²) in [5.74, 6) is 2.24. The van der Waals surface area contributed by atoms with Crippen molar-refractivity contribution in [1.82, 2.24) is 20.5 Å². The molecule has 12 heteroatoms. The monoisotopic (exact) mass is 643 g/mol. The van der Waals surface area contributed by atoms with Crippen LogP contribution in [0.2, 0.25) is 10.0 Å². The molecule has 5 rings (SSSR count). The Morgan fingerprint density at radius 3 is 2.36 bits per heavy atom. The number of nitrogens with one attached hydrogen (secondary N) is 2. The zero-order valence-corrected chi connectivity index (χ0v) is 26.0. The van der Waals surface area contributed by atoms with Crippen molar-refractivity contribution in [3.05, 3.63) is 70.3 Å². The predicted molar refractivity (Wildman–Crippen MR) is 170 cm³/mol. The summed E-state index contributed by atoms with van der Waals surface area (Å²) in [7, 11) is 0. The lowest BCUT2D eigenvalue weighted by Crippen LogP contribution is -2.52. The van der Waals surface area contributed by atoms with Gasteiger partial charge in [-0.15, -0.1) is 0 Å². The minimum absolute atomic E-state index is 0.00583. The Morgan fingerprint density at radius 2 is 1.73 bits per heavy atom. The second-order valence-electron chi connectivity index (χ2n) is 11.4. The number of hydrogen-bond donors (Lipinski definition) is 3. The van der Waals surface area contributed by atoms with Gasteiger partial charge in [0.2, 0.25) is 5.91 Å². The van der Waals surface area contributed by atoms with Crippen LogP contribution in [0.15, 0.2) is 54.7 Å². The topological polar surface area (TPSA) is 107 Å². The van der Waals surface area contributed by atoms with Crippen LogP contribution in [-0.4, -0.2) is 71.9 Å². The first-order chi connectivity index (χ1) is 21.1. The molecule has 0 saturated carbocycles. The SMILES string of the molecule is CC(=O)NCC1CCN(Cc2cc(Oc3ccc(N4CC[C@@H](NC(=O)O)[C@@H](F)C4)nc3)cc(-c3cc(Cl)cc(Cl)c3)c2)CC1. The molecule has 0 unspecified atom stereocenters. The lowest BCUT2D eigenvalue weighted by atomic mass is 9.96. The standard InChI is InChI=1S/C32H36Cl2FN5O4/c1-20(41)36-16-21-4-7-39(8-5-21)18-22-10-23(24-12-25(33)15-26(34)13-24)14-28(11-22)44-27-2-3-31(37-17-27)40-9-6-30(29(35)19-40)38-32(42)43/h2-3,10-15,17,21,29-30,38H,4-9,16,18-19H2,1H3,(H,36,41)(H,42,43)/t29-,30+/m0/s1. The summed E-state index contributed by atoms with van der Waals surface area (Å²) in [5, 5.41) is 15.2. The molecule has 0 spiro atoms. The van der Waals surface area contributed by atoms with Gasteiger partial charge in [-0.25, -0.2) is 14.2 Å². The van der Waals surface area contributed by atoms with Crippen LogP contribution in [0.1, 0.15) is 31.7 Å². The Labute approximate surface area is 266 Å². The summed E-state index contributed by atoms with van der Waals surface area (Å²) in [4.78, 5) is 30.9. The molecule has 3 N–H and O–H groups in total. The molecule has 2 amide bonds. The largest absolute Gasteiger partial charge is 0.465 e. The number of nitrogens with zero attached hydrogens (tertiary/aromatic N) is 3. The van der Waals surface area contributed by atoms with Crippen molar-refractivity contribution in [2.24, 2.45) is 5.92 Å². The van der Waals surface area contributed by atoms with Gasteiger partial charge >= 0.3 is 6.09 Å². The molecule has 2 aliphatic heterocycles. The number of amides is 2. The molecule has 2 aromatic carbocycles. The van der Waals surface area contributed by atoms with Gasteiger partial charge in [0.15, 0.2) is 0 Å². The molecule has 44 heavy (non-hydrogen) atoms. The minimum atomic E-state index is -1.33. The maximum absolute atomic E-state index is 14.6. The Bertz CT molecular complexity index is 1450. The molecule has 0 bridgehead atoms. The highest BCUT2D eigenvalue weighted by Gasteiger charge is 2.31. The summed E-state index contributed by atoms with van der Waals surface area (Å²) < 4.78 is 20.8. The molecule has 9 nitrogen and oxygen atoms in total. The molecule has 234 valence electrons. The first-order valence-electron chi connectivity index (χ1n) is 14.7. The third-order valence-electron chi connectivity index (χ3n) is 8.05. The lowest BCUT2D eigenvalue weighted by Gasteiger charge is -2.35. The van der Waals surface area contributed by atoms with E-state index in [2.05, 4.69) is 26.6 Å². The third-order valence-corrected chi connectivity index (χ3v) is 8.48. The third kappa shape index (κ3) is 8.74. The van der Waals surface area contributed by atoms with Gasteiger partial charge in [0.1, 0.15) is 23.5 Å². The fourth-order valence-electron chi connectivity index (χ4n) is 5.78. The maximum atomic E-state index is 14.6. The number of aromatic nitrogens is 1. The Morgan fingerprint density at radius 1 is 1.00 bits per heavy atom. The number of pyridine rings is 1. The van der Waals surface area contributed by atoms with Gasteiger partial charge in [-0.3, -0.25) is 9.69 Å². The van der Waals surface area contributed by atoms with Crippen LogP contribution in [-0.2, 0) is 11.3 Å². The van der Waals surface area contributed by atoms with E-state index in [1.807, 2.05) is 24.3 Å². The Kier molecular flexibility index (Phi) is 10.5. The van der Waals surface area contributed by atoms with Crippen LogP contribution < -0.4 is 20.3 Å². The second-order valence-corrected chi connectivity index (χ2v) is 12.3. The van der Waals surface area contributed by atoms with E-state index < -0.39 is 18.3 Å². The first-order valence-corrected chi connectivity index (χ1v) is 15.5. The van der Waals surface area contributed by atoms with Crippen molar-refractivity contribution in [3.63, 3.8) is 0 Å². The van der Waals surface area contributed by atoms with E-state index in [4.69, 9.17) is 33.0 Å². The van der Waals surface area contributed by atoms with Crippen molar-refractivity contribution in [3.8, 4) is 22.6 Å². The summed E-state index contributed by atoms with van der Waals surface area (Å²) in [5.41, 5.74) is 2.86. The minimum Gasteiger partial charge on any atom is -0.465 e. The van der Waals surface area contributed by atoms with E-state index in [1.165, 1.54) is 0 Å². The molecule has 2 fully saturated rings. The number of ether oxygens (including phenoxy) is 1. The molecule has 0 radical (unpaired) electrons. The number of alkyl halides is 1. The molecule has 3 aromatic rings. The number of carbonyl (C=O) groups excluding carboxylic acids is 1. The van der Waals surface area contributed by atoms with Crippen LogP contribution in [0, 0.1) is 5.92 Å². The number of likely N-dealkylation sites (tertiary alicyclic amines) is 1. The number of anilines is 1. The van der Waals surface area contributed by atoms with E-state index in [0.29, 0.717) is 52.8 Å². The highest BCUT2D eigenvalue weighted by atomic mass is 35.5. The molecule has 2 atom stereocenters. The van der Waals surface area contributed by atoms with E-state index in [-0.39, 0.29) is 12.5 Å². The van der Waals surface area contributed by atoms with Gasteiger partial charge in [-0.2, -0.15) is 0 Å². The number of piperidine rings is 2. The quantitative estimate of drug-likeness (QED) is 0.248. The van der Waals surface area contributed by atoms with Crippen LogP contribution >= 0.6 is 23.2 Å². The van der Waals surface area contributed by atoms with Crippen LogP contribution in [0.3, 0.4) is 0 Å². The van der Waals surface area contributed by atoms with Crippen molar-refractivity contribution in [1.29, 1.82) is 0 Å². The highest BCUT2D eigenvalue weighted by Crippen LogP contribution is 2.34. The number of carboxylic acid groups (broad SMARTS) is 1. The summed E-state index contributed by atoms with van der Waals surface area (Å²) in [6, 6.07) is 14.4. The van der Waals surface area contributed by atoms with Crippen LogP contribution in [0.25, 0.3) is 11.1 Å². The van der Waals surface area contributed by atoms with Crippen LogP contribution in [0.4, 0.5) is 15.0 Å². The number of halogens is 3. The second kappa shape index (κ2) is 14.5. The summed E-state index contributed by atoms with van der Waals surface area (Å²) in [6.07, 6.45) is 1.43. The number of carbonyl (C=O) groups is 2. The number of hydrogen-bond acceptors (Lipinski definition) is 6. The molecule has 1 aromatic heterocycles. The van der Waals surface area contributed by atoms with Gasteiger partial charge in [0.05, 0.1) is 18.8 Å². The zero-order chi connectivity index (χ0) is 31.2. The van der Waals surface area contributed by atoms with Crippen molar-refractivity contribution < 1.29 is 23.8 Å². The normalized spacial score (nSPS) is 19.4. The number of rotatable bonds is 9. The van der Waals surface area contributed by atoms with E-state index in [9.17, 15) is 14.0 Å². The predicted octanol–water partition coefficient (Wildman–Crippen LogP) is 6.38. The van der Waals surface area contributed by atoms with Gasteiger partial charge in [0.25, 0.3) is 0 Å². The van der Waals surface area contributed by atoms with Crippen LogP contribution in [0.5, 0.6) is 11.5 Å². The zero-order valence-electron chi connectivity index (χ0n) is 24.4. The Balaban J connectivity index is 1.30. The first kappa shape index (κ1) is 31.8. The summed E-state index contributed by atoms with van der Waals surface area (Å²) >= 11 is 12.7. The summed E-state index contributed by atoms with van der Waals surface area (Å²) in [6.45, 7) is 5.40. The molecular weight excluding hydrogens is 608 g/mol. The molecular formula is C32H36Cl2FN5O4. The average Bonchev–Trinajstić information content (AvgIpc) is 2.97. The van der Waals surface area contributed by atoms with E-state index in [1.54, 1.807) is 36.2 Å². The van der Waals surface area contributed by atoms with Gasteiger partial charge in [0, 0.05) is 36.6 Å². The van der Waals surface area contributed by atoms with E-state index in [0.717, 1.165) is 49.2 Å². The van der Waals surface area contributed by atoms with Gasteiger partial charge in [-0.1, -0.05) is 23.2 Å². The average molecular weight is 645 g/mol. The van der Waals surface area contributed by atoms with Crippen molar-refractivity contribution in [2.75, 3.05) is 37.6 Å². The molecule has 3 heterocycles. The smallest absolute Gasteiger partial charge is 0.404 e.